The molecular formula is C9H19NO2. The van der Waals surface area contributed by atoms with Crippen LogP contribution in [0, 0.1) is 0 Å². The molecule has 1 N–H and O–H groups in total. The molecular weight excluding hydrogens is 154 g/mol. The van der Waals surface area contributed by atoms with Crippen LogP contribution < -0.4 is 0 Å². The average molecular weight is 173 g/mol. The van der Waals surface area contributed by atoms with Crippen LogP contribution in [0.25, 0.3) is 0 Å². The van der Waals surface area contributed by atoms with Gasteiger partial charge in [0.05, 0.1) is 5.71 Å². The molecule has 0 aliphatic carbocycles. The number of nitrogens with zero attached hydrogens (tertiary/aromatic N) is 1. The fourth-order valence-electron chi connectivity index (χ4n) is 0.317. The van der Waals surface area contributed by atoms with Crippen LogP contribution in [0.3, 0.4) is 0 Å². The van der Waals surface area contributed by atoms with Crippen molar-refractivity contribution in [3.63, 3.8) is 0 Å². The van der Waals surface area contributed by atoms with Gasteiger partial charge in [-0.05, 0) is 41.5 Å². The molecule has 0 rings (SSSR count). The molecule has 0 aromatic heterocycles. The van der Waals surface area contributed by atoms with Gasteiger partial charge in [0, 0.05) is 0 Å². The Kier molecular flexibility index (Phi) is 3.27. The van der Waals surface area contributed by atoms with Gasteiger partial charge in [0.1, 0.15) is 11.2 Å². The average Bonchev–Trinajstić information content (AvgIpc) is 1.78. The topological polar surface area (TPSA) is 41.8 Å². The molecule has 0 radical (unpaired) electrons. The van der Waals surface area contributed by atoms with Crippen LogP contribution in [0.5, 0.6) is 0 Å². The zero-order valence-electron chi connectivity index (χ0n) is 8.80. The van der Waals surface area contributed by atoms with Gasteiger partial charge in [-0.3, -0.25) is 0 Å². The van der Waals surface area contributed by atoms with Crippen LogP contribution in [0.4, 0.5) is 0 Å². The summed E-state index contributed by atoms with van der Waals surface area (Å²) in [4.78, 5) is 5.15. The highest BCUT2D eigenvalue weighted by Crippen LogP contribution is 2.10. The first-order chi connectivity index (χ1) is 5.13. The van der Waals surface area contributed by atoms with Crippen molar-refractivity contribution in [3.05, 3.63) is 0 Å². The molecule has 0 spiro atoms. The first-order valence-corrected chi connectivity index (χ1v) is 4.08. The second kappa shape index (κ2) is 3.44. The Morgan fingerprint density at radius 2 is 1.58 bits per heavy atom. The molecule has 3 heteroatoms. The fraction of sp³-hybridized carbons (Fsp3) is 0.889. The van der Waals surface area contributed by atoms with Crippen molar-refractivity contribution in [2.75, 3.05) is 0 Å². The Labute approximate surface area is 74.4 Å². The predicted octanol–water partition coefficient (Wildman–Crippen LogP) is 1.95. The van der Waals surface area contributed by atoms with Crippen molar-refractivity contribution in [1.82, 2.24) is 0 Å². The zero-order valence-corrected chi connectivity index (χ0v) is 8.80. The third-order valence-electron chi connectivity index (χ3n) is 1.34. The van der Waals surface area contributed by atoms with Crippen molar-refractivity contribution in [3.8, 4) is 0 Å². The minimum atomic E-state index is -0.898. The van der Waals surface area contributed by atoms with Gasteiger partial charge in [-0.25, -0.2) is 0 Å². The number of aliphatic hydroxyl groups is 1. The van der Waals surface area contributed by atoms with Gasteiger partial charge in [-0.2, -0.15) is 0 Å². The lowest BCUT2D eigenvalue weighted by Crippen LogP contribution is -2.30. The van der Waals surface area contributed by atoms with E-state index in [0.717, 1.165) is 0 Å². The van der Waals surface area contributed by atoms with Crippen molar-refractivity contribution >= 4 is 5.71 Å². The maximum Gasteiger partial charge on any atom is 0.129 e. The standard InChI is InChI=1S/C9H19NO2/c1-7(9(5,6)11)10-12-8(2,3)4/h11H,1-6H3/b10-7+. The Balaban J connectivity index is 4.21. The largest absolute Gasteiger partial charge is 0.390 e. The van der Waals surface area contributed by atoms with Gasteiger partial charge >= 0.3 is 0 Å². The van der Waals surface area contributed by atoms with E-state index in [1.54, 1.807) is 20.8 Å². The molecule has 0 aliphatic rings. The molecule has 12 heavy (non-hydrogen) atoms. The van der Waals surface area contributed by atoms with Gasteiger partial charge in [-0.15, -0.1) is 0 Å². The van der Waals surface area contributed by atoms with Crippen molar-refractivity contribution in [2.45, 2.75) is 52.7 Å². The minimum absolute atomic E-state index is 0.299. The van der Waals surface area contributed by atoms with Crippen molar-refractivity contribution in [2.24, 2.45) is 5.16 Å². The molecule has 0 saturated heterocycles. The summed E-state index contributed by atoms with van der Waals surface area (Å²) in [6, 6.07) is 0. The van der Waals surface area contributed by atoms with Crippen LogP contribution in [-0.2, 0) is 4.84 Å². The van der Waals surface area contributed by atoms with Gasteiger partial charge in [-0.1, -0.05) is 5.16 Å². The summed E-state index contributed by atoms with van der Waals surface area (Å²) in [5.74, 6) is 0. The lowest BCUT2D eigenvalue weighted by atomic mass is 10.1. The third-order valence-corrected chi connectivity index (χ3v) is 1.34. The molecule has 0 amide bonds. The quantitative estimate of drug-likeness (QED) is 0.512. The van der Waals surface area contributed by atoms with E-state index in [-0.39, 0.29) is 5.60 Å². The van der Waals surface area contributed by atoms with Gasteiger partial charge in [0.25, 0.3) is 0 Å². The number of rotatable bonds is 2. The Hall–Kier alpha value is -0.570. The van der Waals surface area contributed by atoms with Crippen LogP contribution in [0.15, 0.2) is 5.16 Å². The predicted molar refractivity (Wildman–Crippen MR) is 50.2 cm³/mol. The molecule has 3 nitrogen and oxygen atoms in total. The summed E-state index contributed by atoms with van der Waals surface area (Å²) in [5.41, 5.74) is -0.616. The van der Waals surface area contributed by atoms with E-state index in [9.17, 15) is 5.11 Å². The van der Waals surface area contributed by atoms with E-state index in [4.69, 9.17) is 4.84 Å². The first-order valence-electron chi connectivity index (χ1n) is 4.08. The Morgan fingerprint density at radius 1 is 1.17 bits per heavy atom. The summed E-state index contributed by atoms with van der Waals surface area (Å²) < 4.78 is 0. The van der Waals surface area contributed by atoms with Crippen molar-refractivity contribution < 1.29 is 9.94 Å². The molecule has 0 aliphatic heterocycles. The smallest absolute Gasteiger partial charge is 0.129 e. The summed E-state index contributed by atoms with van der Waals surface area (Å²) in [7, 11) is 0. The van der Waals surface area contributed by atoms with E-state index >= 15 is 0 Å². The highest BCUT2D eigenvalue weighted by atomic mass is 16.6. The molecule has 0 fully saturated rings. The number of hydrogen-bond acceptors (Lipinski definition) is 3. The Morgan fingerprint density at radius 3 is 1.83 bits per heavy atom. The monoisotopic (exact) mass is 173 g/mol. The normalized spacial score (nSPS) is 14.8. The van der Waals surface area contributed by atoms with E-state index < -0.39 is 5.60 Å². The van der Waals surface area contributed by atoms with Crippen LogP contribution in [-0.4, -0.2) is 22.0 Å². The molecule has 0 saturated carbocycles. The number of hydrogen-bond donors (Lipinski definition) is 1. The lowest BCUT2D eigenvalue weighted by molar-refractivity contribution is -0.00284. The molecule has 0 aromatic rings. The van der Waals surface area contributed by atoms with Crippen LogP contribution >= 0.6 is 0 Å². The van der Waals surface area contributed by atoms with E-state index in [0.29, 0.717) is 5.71 Å². The molecule has 72 valence electrons. The summed E-state index contributed by atoms with van der Waals surface area (Å²) in [6.07, 6.45) is 0. The molecule has 0 bridgehead atoms. The molecule has 0 aromatic carbocycles. The van der Waals surface area contributed by atoms with E-state index in [1.165, 1.54) is 0 Å². The maximum atomic E-state index is 9.47. The zero-order chi connectivity index (χ0) is 9.99. The van der Waals surface area contributed by atoms with Crippen LogP contribution in [0.1, 0.15) is 41.5 Å². The first kappa shape index (κ1) is 11.4. The highest BCUT2D eigenvalue weighted by Gasteiger charge is 2.19. The number of oxime groups is 1. The second-order valence-corrected chi connectivity index (χ2v) is 4.44. The molecule has 0 unspecified atom stereocenters. The van der Waals surface area contributed by atoms with E-state index in [1.807, 2.05) is 20.8 Å². The SMILES string of the molecule is C/C(=N\OC(C)(C)C)C(C)(C)O. The lowest BCUT2D eigenvalue weighted by Gasteiger charge is -2.20. The molecule has 0 heterocycles. The van der Waals surface area contributed by atoms with Crippen LogP contribution in [0.2, 0.25) is 0 Å². The summed E-state index contributed by atoms with van der Waals surface area (Å²) in [6.45, 7) is 10.8. The highest BCUT2D eigenvalue weighted by molar-refractivity contribution is 5.88. The molecule has 0 atom stereocenters. The summed E-state index contributed by atoms with van der Waals surface area (Å²) >= 11 is 0. The third kappa shape index (κ3) is 5.13. The van der Waals surface area contributed by atoms with E-state index in [2.05, 4.69) is 5.16 Å². The van der Waals surface area contributed by atoms with Gasteiger partial charge < -0.3 is 9.94 Å². The fourth-order valence-corrected chi connectivity index (χ4v) is 0.317. The Bertz CT molecular complexity index is 172. The van der Waals surface area contributed by atoms with Gasteiger partial charge in [0.2, 0.25) is 0 Å². The van der Waals surface area contributed by atoms with Crippen molar-refractivity contribution in [1.29, 1.82) is 0 Å². The summed E-state index contributed by atoms with van der Waals surface area (Å²) in [5, 5.41) is 13.3. The van der Waals surface area contributed by atoms with Gasteiger partial charge in [0.15, 0.2) is 0 Å². The second-order valence-electron chi connectivity index (χ2n) is 4.44. The maximum absolute atomic E-state index is 9.47. The minimum Gasteiger partial charge on any atom is -0.390 e.